The molecule has 3 aromatic carbocycles. The lowest BCUT2D eigenvalue weighted by Crippen LogP contribution is -2.31. The maximum Gasteiger partial charge on any atom is 0.254 e. The minimum atomic E-state index is 0.0197. The first-order chi connectivity index (χ1) is 14.8. The van der Waals surface area contributed by atoms with E-state index in [2.05, 4.69) is 47.4 Å². The van der Waals surface area contributed by atoms with Crippen LogP contribution >= 0.6 is 0 Å². The van der Waals surface area contributed by atoms with Gasteiger partial charge in [0.05, 0.1) is 13.2 Å². The fraction of sp³-hybridized carbons (Fsp3) is 0.192. The molecule has 1 atom stereocenters. The number of likely N-dealkylation sites (tertiary alicyclic amines) is 1. The zero-order valence-corrected chi connectivity index (χ0v) is 17.0. The van der Waals surface area contributed by atoms with Gasteiger partial charge in [0.2, 0.25) is 0 Å². The molecule has 1 aliphatic rings. The molecular weight excluding hydrogens is 372 g/mol. The number of carbonyl (C=O) groups is 1. The number of rotatable bonds is 4. The van der Waals surface area contributed by atoms with Crippen LogP contribution in [0.3, 0.4) is 0 Å². The van der Waals surface area contributed by atoms with E-state index in [0.717, 1.165) is 30.6 Å². The van der Waals surface area contributed by atoms with Crippen LogP contribution in [0.25, 0.3) is 22.0 Å². The van der Waals surface area contributed by atoms with Crippen molar-refractivity contribution in [2.45, 2.75) is 18.9 Å². The average Bonchev–Trinajstić information content (AvgIpc) is 3.44. The molecule has 1 saturated heterocycles. The number of H-pyrrole nitrogens is 1. The molecule has 1 amide bonds. The summed E-state index contributed by atoms with van der Waals surface area (Å²) in [5.74, 6) is 0.751. The number of para-hydroxylation sites is 1. The number of ether oxygens (including phenoxy) is 1. The molecule has 5 rings (SSSR count). The number of methoxy groups -OCH3 is 1. The van der Waals surface area contributed by atoms with E-state index in [4.69, 9.17) is 4.74 Å². The first kappa shape index (κ1) is 18.5. The van der Waals surface area contributed by atoms with Crippen LogP contribution in [0.15, 0.2) is 78.9 Å². The van der Waals surface area contributed by atoms with E-state index in [1.54, 1.807) is 7.11 Å². The molecule has 0 aliphatic carbocycles. The highest BCUT2D eigenvalue weighted by molar-refractivity contribution is 5.99. The van der Waals surface area contributed by atoms with Crippen molar-refractivity contribution >= 4 is 16.8 Å². The number of nitrogens with zero attached hydrogens (tertiary/aromatic N) is 1. The smallest absolute Gasteiger partial charge is 0.254 e. The zero-order chi connectivity index (χ0) is 20.5. The van der Waals surface area contributed by atoms with E-state index in [-0.39, 0.29) is 11.9 Å². The zero-order valence-electron chi connectivity index (χ0n) is 17.0. The summed E-state index contributed by atoms with van der Waals surface area (Å²) >= 11 is 0. The Hall–Kier alpha value is -3.53. The van der Waals surface area contributed by atoms with Crippen molar-refractivity contribution in [1.82, 2.24) is 9.88 Å². The fourth-order valence-corrected chi connectivity index (χ4v) is 4.56. The second-order valence-electron chi connectivity index (χ2n) is 7.71. The molecule has 0 bridgehead atoms. The van der Waals surface area contributed by atoms with Crippen LogP contribution in [0, 0.1) is 0 Å². The second kappa shape index (κ2) is 7.71. The SMILES string of the molecule is COc1cccc(C(=O)N2CCCC2c2[nH]c3ccccc3c2-c2ccccc2)c1. The van der Waals surface area contributed by atoms with E-state index in [0.29, 0.717) is 11.3 Å². The molecule has 1 unspecified atom stereocenters. The average molecular weight is 396 g/mol. The Kier molecular flexibility index (Phi) is 4.75. The number of aromatic amines is 1. The normalized spacial score (nSPS) is 16.2. The number of nitrogens with one attached hydrogen (secondary N) is 1. The molecule has 2 heterocycles. The van der Waals surface area contributed by atoms with E-state index in [1.807, 2.05) is 41.3 Å². The number of fused-ring (bicyclic) bond motifs is 1. The van der Waals surface area contributed by atoms with E-state index in [9.17, 15) is 4.79 Å². The van der Waals surface area contributed by atoms with E-state index >= 15 is 0 Å². The maximum atomic E-state index is 13.4. The van der Waals surface area contributed by atoms with Crippen molar-refractivity contribution in [2.75, 3.05) is 13.7 Å². The van der Waals surface area contributed by atoms with Gasteiger partial charge in [0.25, 0.3) is 5.91 Å². The number of carbonyl (C=O) groups excluding carboxylic acids is 1. The van der Waals surface area contributed by atoms with E-state index in [1.165, 1.54) is 16.5 Å². The van der Waals surface area contributed by atoms with Crippen molar-refractivity contribution < 1.29 is 9.53 Å². The van der Waals surface area contributed by atoms with Crippen LogP contribution in [0.2, 0.25) is 0 Å². The molecular formula is C26H24N2O2. The standard InChI is InChI=1S/C26H24N2O2/c1-30-20-12-7-11-19(17-20)26(29)28-16-8-15-23(28)25-24(18-9-3-2-4-10-18)21-13-5-6-14-22(21)27-25/h2-7,9-14,17,23,27H,8,15-16H2,1H3. The summed E-state index contributed by atoms with van der Waals surface area (Å²) in [6, 6.07) is 26.3. The molecule has 1 N–H and O–H groups in total. The van der Waals surface area contributed by atoms with Crippen molar-refractivity contribution in [3.8, 4) is 16.9 Å². The minimum absolute atomic E-state index is 0.0197. The Bertz CT molecular complexity index is 1200. The number of benzene rings is 3. The van der Waals surface area contributed by atoms with E-state index < -0.39 is 0 Å². The molecule has 0 saturated carbocycles. The predicted octanol–water partition coefficient (Wildman–Crippen LogP) is 5.82. The van der Waals surface area contributed by atoms with Gasteiger partial charge >= 0.3 is 0 Å². The lowest BCUT2D eigenvalue weighted by atomic mass is 9.97. The topological polar surface area (TPSA) is 45.3 Å². The van der Waals surface area contributed by atoms with Crippen LogP contribution < -0.4 is 4.74 Å². The first-order valence-electron chi connectivity index (χ1n) is 10.4. The van der Waals surface area contributed by atoms with Gasteiger partial charge in [-0.2, -0.15) is 0 Å². The molecule has 0 spiro atoms. The first-order valence-corrected chi connectivity index (χ1v) is 10.4. The van der Waals surface area contributed by atoms with Crippen LogP contribution in [0.5, 0.6) is 5.75 Å². The lowest BCUT2D eigenvalue weighted by Gasteiger charge is -2.25. The van der Waals surface area contributed by atoms with Crippen molar-refractivity contribution in [2.24, 2.45) is 0 Å². The Morgan fingerprint density at radius 2 is 1.80 bits per heavy atom. The van der Waals surface area contributed by atoms with Crippen LogP contribution in [-0.4, -0.2) is 29.4 Å². The Labute approximate surface area is 176 Å². The number of hydrogen-bond donors (Lipinski definition) is 1. The molecule has 150 valence electrons. The predicted molar refractivity (Wildman–Crippen MR) is 120 cm³/mol. The number of hydrogen-bond acceptors (Lipinski definition) is 2. The highest BCUT2D eigenvalue weighted by Gasteiger charge is 2.34. The summed E-state index contributed by atoms with van der Waals surface area (Å²) in [5, 5.41) is 1.19. The lowest BCUT2D eigenvalue weighted by molar-refractivity contribution is 0.0733. The monoisotopic (exact) mass is 396 g/mol. The van der Waals surface area contributed by atoms with Gasteiger partial charge in [0, 0.05) is 34.3 Å². The van der Waals surface area contributed by atoms with Crippen LogP contribution in [0.4, 0.5) is 0 Å². The van der Waals surface area contributed by atoms with Gasteiger partial charge in [0.15, 0.2) is 0 Å². The fourth-order valence-electron chi connectivity index (χ4n) is 4.56. The van der Waals surface area contributed by atoms with Gasteiger partial charge in [-0.15, -0.1) is 0 Å². The highest BCUT2D eigenvalue weighted by atomic mass is 16.5. The maximum absolute atomic E-state index is 13.4. The summed E-state index contributed by atoms with van der Waals surface area (Å²) in [6.45, 7) is 0.754. The van der Waals surface area contributed by atoms with Crippen molar-refractivity contribution in [3.63, 3.8) is 0 Å². The van der Waals surface area contributed by atoms with Gasteiger partial charge in [-0.1, -0.05) is 54.6 Å². The van der Waals surface area contributed by atoms with Crippen LogP contribution in [-0.2, 0) is 0 Å². The molecule has 4 heteroatoms. The van der Waals surface area contributed by atoms with Crippen molar-refractivity contribution in [1.29, 1.82) is 0 Å². The number of amides is 1. The molecule has 0 radical (unpaired) electrons. The number of aromatic nitrogens is 1. The summed E-state index contributed by atoms with van der Waals surface area (Å²) in [4.78, 5) is 19.1. The van der Waals surface area contributed by atoms with Gasteiger partial charge < -0.3 is 14.6 Å². The van der Waals surface area contributed by atoms with Crippen LogP contribution in [0.1, 0.15) is 34.9 Å². The Morgan fingerprint density at radius 3 is 2.63 bits per heavy atom. The third-order valence-corrected chi connectivity index (χ3v) is 5.96. The van der Waals surface area contributed by atoms with Crippen molar-refractivity contribution in [3.05, 3.63) is 90.1 Å². The summed E-state index contributed by atoms with van der Waals surface area (Å²) < 4.78 is 5.32. The largest absolute Gasteiger partial charge is 0.497 e. The molecule has 30 heavy (non-hydrogen) atoms. The summed E-state index contributed by atoms with van der Waals surface area (Å²) in [5.41, 5.74) is 5.26. The third-order valence-electron chi connectivity index (χ3n) is 5.96. The molecule has 1 fully saturated rings. The Morgan fingerprint density at radius 1 is 1.00 bits per heavy atom. The summed E-state index contributed by atoms with van der Waals surface area (Å²) in [6.07, 6.45) is 1.94. The van der Waals surface area contributed by atoms with Gasteiger partial charge in [-0.25, -0.2) is 0 Å². The quantitative estimate of drug-likeness (QED) is 0.472. The summed E-state index contributed by atoms with van der Waals surface area (Å²) in [7, 11) is 1.62. The van der Waals surface area contributed by atoms with Gasteiger partial charge in [-0.3, -0.25) is 4.79 Å². The second-order valence-corrected chi connectivity index (χ2v) is 7.71. The molecule has 1 aliphatic heterocycles. The molecule has 4 aromatic rings. The van der Waals surface area contributed by atoms with Gasteiger partial charge in [-0.05, 0) is 42.7 Å². The third kappa shape index (κ3) is 3.14. The molecule has 1 aromatic heterocycles. The Balaban J connectivity index is 1.60. The van der Waals surface area contributed by atoms with Gasteiger partial charge in [0.1, 0.15) is 5.75 Å². The minimum Gasteiger partial charge on any atom is -0.497 e. The highest BCUT2D eigenvalue weighted by Crippen LogP contribution is 2.42. The molecule has 4 nitrogen and oxygen atoms in total.